The first-order valence-corrected chi connectivity index (χ1v) is 12.3. The van der Waals surface area contributed by atoms with Crippen molar-refractivity contribution >= 4 is 35.0 Å². The van der Waals surface area contributed by atoms with E-state index >= 15 is 0 Å². The van der Waals surface area contributed by atoms with Gasteiger partial charge >= 0.3 is 0 Å². The minimum Gasteiger partial charge on any atom is -0.480 e. The van der Waals surface area contributed by atoms with Crippen molar-refractivity contribution in [3.8, 4) is 5.75 Å². The second kappa shape index (κ2) is 7.97. The normalized spacial score (nSPS) is 18.6. The largest absolute Gasteiger partial charge is 0.480 e. The molecule has 1 N–H and O–H groups in total. The average molecular weight is 473 g/mol. The van der Waals surface area contributed by atoms with Gasteiger partial charge in [0.25, 0.3) is 0 Å². The van der Waals surface area contributed by atoms with E-state index in [2.05, 4.69) is 42.6 Å². The van der Waals surface area contributed by atoms with Gasteiger partial charge in [0, 0.05) is 21.7 Å². The Morgan fingerprint density at radius 1 is 1.00 bits per heavy atom. The minimum atomic E-state index is -0.377. The predicted octanol–water partition coefficient (Wildman–Crippen LogP) is 6.52. The predicted molar refractivity (Wildman–Crippen MR) is 133 cm³/mol. The lowest BCUT2D eigenvalue weighted by molar-refractivity contribution is 0.223. The van der Waals surface area contributed by atoms with Gasteiger partial charge in [-0.25, -0.2) is 4.68 Å². The Bertz CT molecular complexity index is 1400. The van der Waals surface area contributed by atoms with E-state index in [9.17, 15) is 0 Å². The van der Waals surface area contributed by atoms with Crippen molar-refractivity contribution in [3.63, 3.8) is 0 Å². The van der Waals surface area contributed by atoms with Crippen LogP contribution in [-0.2, 0) is 0 Å². The Labute approximate surface area is 201 Å². The smallest absolute Gasteiger partial charge is 0.227 e. The molecule has 6 rings (SSSR count). The van der Waals surface area contributed by atoms with Crippen LogP contribution in [-0.4, -0.2) is 21.0 Å². The van der Waals surface area contributed by atoms with E-state index in [0.717, 1.165) is 44.8 Å². The quantitative estimate of drug-likeness (QED) is 0.344. The molecule has 3 aromatic carbocycles. The Kier molecular flexibility index (Phi) is 4.93. The molecular weight excluding hydrogens is 452 g/mol. The fourth-order valence-corrected chi connectivity index (χ4v) is 5.14. The van der Waals surface area contributed by atoms with Gasteiger partial charge < -0.3 is 10.1 Å². The number of nitrogens with zero attached hydrogens (tertiary/aromatic N) is 3. The number of nitrogens with one attached hydrogen (secondary N) is 1. The van der Waals surface area contributed by atoms with Crippen LogP contribution in [0.15, 0.2) is 83.5 Å². The zero-order valence-corrected chi connectivity index (χ0v) is 19.7. The minimum absolute atomic E-state index is 0.195. The molecule has 2 aliphatic rings. The molecule has 1 aromatic heterocycles. The van der Waals surface area contributed by atoms with Crippen molar-refractivity contribution in [1.82, 2.24) is 14.8 Å². The second-order valence-corrected chi connectivity index (χ2v) is 9.33. The Balaban J connectivity index is 1.65. The highest BCUT2D eigenvalue weighted by atomic mass is 35.5. The van der Waals surface area contributed by atoms with Crippen LogP contribution in [0.2, 0.25) is 5.02 Å². The molecule has 0 fully saturated rings. The third kappa shape index (κ3) is 3.33. The zero-order valence-electron chi connectivity index (χ0n) is 18.1. The summed E-state index contributed by atoms with van der Waals surface area (Å²) in [5, 5.41) is 9.80. The fourth-order valence-electron chi connectivity index (χ4n) is 4.56. The number of para-hydroxylation sites is 1. The van der Waals surface area contributed by atoms with E-state index in [-0.39, 0.29) is 12.1 Å². The number of fused-ring (bicyclic) bond motifs is 3. The SMILES string of the molecule is CSc1nc2n(n1)C(c1ccc(C)cc1)C1=C(N2)c2ccccc2OC1c1ccccc1Cl. The monoisotopic (exact) mass is 472 g/mol. The molecular formula is C26H21ClN4OS. The van der Waals surface area contributed by atoms with Crippen molar-refractivity contribution in [2.75, 3.05) is 11.6 Å². The fraction of sp³-hybridized carbons (Fsp3) is 0.154. The van der Waals surface area contributed by atoms with E-state index in [0.29, 0.717) is 5.02 Å². The van der Waals surface area contributed by atoms with Gasteiger partial charge in [-0.15, -0.1) is 5.10 Å². The average Bonchev–Trinajstić information content (AvgIpc) is 3.26. The van der Waals surface area contributed by atoms with Gasteiger partial charge in [0.1, 0.15) is 11.8 Å². The molecule has 164 valence electrons. The van der Waals surface area contributed by atoms with Gasteiger partial charge in [0.15, 0.2) is 6.10 Å². The molecule has 0 saturated heterocycles. The lowest BCUT2D eigenvalue weighted by Crippen LogP contribution is -2.32. The van der Waals surface area contributed by atoms with Gasteiger partial charge in [-0.05, 0) is 36.9 Å². The topological polar surface area (TPSA) is 52.0 Å². The van der Waals surface area contributed by atoms with Crippen molar-refractivity contribution in [2.45, 2.75) is 24.2 Å². The Morgan fingerprint density at radius 3 is 2.55 bits per heavy atom. The maximum atomic E-state index is 6.70. The van der Waals surface area contributed by atoms with Gasteiger partial charge in [-0.3, -0.25) is 0 Å². The standard InChI is InChI=1S/C26H21ClN4OS/c1-15-11-13-16(14-12-15)23-21-22(28-25-29-26(33-2)30-31(23)25)18-8-4-6-10-20(18)32-24(21)17-7-3-5-9-19(17)27/h3-14,23-24H,1-2H3,(H,28,29,30). The summed E-state index contributed by atoms with van der Waals surface area (Å²) >= 11 is 8.22. The molecule has 0 amide bonds. The molecule has 0 aliphatic carbocycles. The van der Waals surface area contributed by atoms with Crippen LogP contribution in [0.3, 0.4) is 0 Å². The molecule has 5 nitrogen and oxygen atoms in total. The molecule has 3 heterocycles. The number of anilines is 1. The molecule has 0 spiro atoms. The van der Waals surface area contributed by atoms with E-state index in [1.54, 1.807) is 0 Å². The molecule has 2 atom stereocenters. The highest BCUT2D eigenvalue weighted by Gasteiger charge is 2.41. The lowest BCUT2D eigenvalue weighted by Gasteiger charge is -2.39. The summed E-state index contributed by atoms with van der Waals surface area (Å²) < 4.78 is 8.61. The number of ether oxygens (including phenoxy) is 1. The summed E-state index contributed by atoms with van der Waals surface area (Å²) in [4.78, 5) is 4.74. The summed E-state index contributed by atoms with van der Waals surface area (Å²) in [6, 6.07) is 24.3. The van der Waals surface area contributed by atoms with Crippen LogP contribution in [0.5, 0.6) is 5.75 Å². The number of aromatic nitrogens is 3. The van der Waals surface area contributed by atoms with Crippen LogP contribution in [0.4, 0.5) is 5.95 Å². The number of benzene rings is 3. The third-order valence-electron chi connectivity index (χ3n) is 6.12. The van der Waals surface area contributed by atoms with Gasteiger partial charge in [-0.2, -0.15) is 4.98 Å². The summed E-state index contributed by atoms with van der Waals surface area (Å²) in [5.74, 6) is 1.53. The Morgan fingerprint density at radius 2 is 1.76 bits per heavy atom. The number of thioether (sulfide) groups is 1. The number of aryl methyl sites for hydroxylation is 1. The molecule has 0 saturated carbocycles. The van der Waals surface area contributed by atoms with Crippen molar-refractivity contribution in [2.24, 2.45) is 0 Å². The van der Waals surface area contributed by atoms with Crippen molar-refractivity contribution < 1.29 is 4.74 Å². The first-order chi connectivity index (χ1) is 16.1. The number of hydrogen-bond acceptors (Lipinski definition) is 5. The van der Waals surface area contributed by atoms with Gasteiger partial charge in [0.2, 0.25) is 11.1 Å². The van der Waals surface area contributed by atoms with E-state index < -0.39 is 0 Å². The van der Waals surface area contributed by atoms with E-state index in [1.165, 1.54) is 17.3 Å². The summed E-state index contributed by atoms with van der Waals surface area (Å²) in [7, 11) is 0. The summed E-state index contributed by atoms with van der Waals surface area (Å²) in [6.07, 6.45) is 1.61. The van der Waals surface area contributed by atoms with Crippen LogP contribution in [0.1, 0.15) is 34.4 Å². The molecule has 7 heteroatoms. The lowest BCUT2D eigenvalue weighted by atomic mass is 9.84. The third-order valence-corrected chi connectivity index (χ3v) is 7.01. The molecule has 0 radical (unpaired) electrons. The molecule has 33 heavy (non-hydrogen) atoms. The number of rotatable bonds is 3. The maximum Gasteiger partial charge on any atom is 0.227 e. The highest BCUT2D eigenvalue weighted by Crippen LogP contribution is 2.51. The van der Waals surface area contributed by atoms with Gasteiger partial charge in [0.05, 0.1) is 5.70 Å². The van der Waals surface area contributed by atoms with Crippen LogP contribution >= 0.6 is 23.4 Å². The second-order valence-electron chi connectivity index (χ2n) is 8.15. The highest BCUT2D eigenvalue weighted by molar-refractivity contribution is 7.98. The van der Waals surface area contributed by atoms with Crippen LogP contribution in [0, 0.1) is 6.92 Å². The van der Waals surface area contributed by atoms with Crippen molar-refractivity contribution in [1.29, 1.82) is 0 Å². The first-order valence-electron chi connectivity index (χ1n) is 10.7. The molecule has 0 bridgehead atoms. The zero-order chi connectivity index (χ0) is 22.5. The first kappa shape index (κ1) is 20.4. The van der Waals surface area contributed by atoms with Crippen LogP contribution in [0.25, 0.3) is 5.70 Å². The summed E-state index contributed by atoms with van der Waals surface area (Å²) in [5.41, 5.74) is 6.32. The molecule has 4 aromatic rings. The number of hydrogen-bond donors (Lipinski definition) is 1. The number of halogens is 1. The maximum absolute atomic E-state index is 6.70. The molecule has 2 unspecified atom stereocenters. The van der Waals surface area contributed by atoms with E-state index in [1.807, 2.05) is 53.4 Å². The van der Waals surface area contributed by atoms with E-state index in [4.69, 9.17) is 26.4 Å². The molecule has 2 aliphatic heterocycles. The van der Waals surface area contributed by atoms with Crippen molar-refractivity contribution in [3.05, 3.63) is 106 Å². The Hall–Kier alpha value is -3.22. The van der Waals surface area contributed by atoms with Gasteiger partial charge in [-0.1, -0.05) is 83.5 Å². The summed E-state index contributed by atoms with van der Waals surface area (Å²) in [6.45, 7) is 2.09. The van der Waals surface area contributed by atoms with Crippen LogP contribution < -0.4 is 10.1 Å².